The van der Waals surface area contributed by atoms with Gasteiger partial charge in [0.1, 0.15) is 0 Å². The Kier molecular flexibility index (Phi) is 4.98. The summed E-state index contributed by atoms with van der Waals surface area (Å²) in [7, 11) is -1.42. The lowest BCUT2D eigenvalue weighted by Crippen LogP contribution is -2.43. The van der Waals surface area contributed by atoms with E-state index in [1.54, 1.807) is 0 Å². The molecule has 0 atom stereocenters. The maximum Gasteiger partial charge on any atom is 0.243 e. The Balaban J connectivity index is 2.54. The molecular weight excluding hydrogens is 202 g/mol. The van der Waals surface area contributed by atoms with Crippen LogP contribution in [0.4, 0.5) is 0 Å². The molecule has 0 radical (unpaired) electrons. The van der Waals surface area contributed by atoms with Crippen LogP contribution in [-0.4, -0.2) is 8.32 Å². The van der Waals surface area contributed by atoms with Crippen molar-refractivity contribution in [1.29, 1.82) is 0 Å². The van der Waals surface area contributed by atoms with Crippen LogP contribution in [0, 0.1) is 0 Å². The second kappa shape index (κ2) is 6.03. The minimum absolute atomic E-state index is 0.711. The second-order valence-corrected chi connectivity index (χ2v) is 8.68. The number of hydrogen-bond acceptors (Lipinski definition) is 1. The van der Waals surface area contributed by atoms with Crippen LogP contribution in [0.2, 0.25) is 18.1 Å². The molecule has 3 heteroatoms. The maximum absolute atomic E-state index is 6.17. The van der Waals surface area contributed by atoms with E-state index in [4.69, 9.17) is 4.43 Å². The average Bonchev–Trinajstić information content (AvgIpc) is 2.33. The molecule has 1 heterocycles. The van der Waals surface area contributed by atoms with E-state index < -0.39 is 8.32 Å². The molecule has 0 unspecified atom stereocenters. The van der Waals surface area contributed by atoms with Crippen LogP contribution in [0.1, 0.15) is 20.8 Å². The van der Waals surface area contributed by atoms with E-state index in [1.165, 1.54) is 18.1 Å². The van der Waals surface area contributed by atoms with Crippen molar-refractivity contribution in [2.45, 2.75) is 45.6 Å². The quantitative estimate of drug-likeness (QED) is 0.535. The van der Waals surface area contributed by atoms with E-state index in [9.17, 15) is 0 Å². The molecule has 1 aromatic rings. The van der Waals surface area contributed by atoms with Crippen molar-refractivity contribution >= 4 is 8.32 Å². The van der Waals surface area contributed by atoms with Gasteiger partial charge in [-0.2, -0.15) is 4.57 Å². The van der Waals surface area contributed by atoms with Crippen LogP contribution >= 0.6 is 0 Å². The van der Waals surface area contributed by atoms with E-state index >= 15 is 0 Å². The van der Waals surface area contributed by atoms with Crippen LogP contribution in [0.15, 0.2) is 30.6 Å². The summed E-state index contributed by atoms with van der Waals surface area (Å²) < 4.78 is 8.27. The van der Waals surface area contributed by atoms with Crippen molar-refractivity contribution in [1.82, 2.24) is 0 Å². The van der Waals surface area contributed by atoms with Gasteiger partial charge in [0.25, 0.3) is 0 Å². The molecule has 0 saturated carbocycles. The normalized spacial score (nSPS) is 11.7. The molecule has 1 rings (SSSR count). The summed E-state index contributed by atoms with van der Waals surface area (Å²) in [5.74, 6) is 0. The average molecular weight is 224 g/mol. The third-order valence-corrected chi connectivity index (χ3v) is 7.84. The van der Waals surface area contributed by atoms with Crippen LogP contribution < -0.4 is 4.57 Å². The van der Waals surface area contributed by atoms with Crippen LogP contribution in [0.25, 0.3) is 0 Å². The molecule has 0 N–H and O–H groups in total. The molecule has 15 heavy (non-hydrogen) atoms. The SMILES string of the molecule is CC[Si](CC)(CC)OC[n+]1ccccc1. The zero-order valence-corrected chi connectivity index (χ0v) is 11.1. The second-order valence-electron chi connectivity index (χ2n) is 3.91. The highest BCUT2D eigenvalue weighted by molar-refractivity contribution is 6.73. The van der Waals surface area contributed by atoms with Gasteiger partial charge in [0.2, 0.25) is 6.73 Å². The van der Waals surface area contributed by atoms with Crippen LogP contribution in [0.3, 0.4) is 0 Å². The van der Waals surface area contributed by atoms with Gasteiger partial charge in [-0.1, -0.05) is 26.8 Å². The molecule has 0 aliphatic heterocycles. The Morgan fingerprint density at radius 1 is 0.933 bits per heavy atom. The van der Waals surface area contributed by atoms with Gasteiger partial charge in [-0.25, -0.2) is 0 Å². The summed E-state index contributed by atoms with van der Waals surface area (Å²) in [6.07, 6.45) is 4.11. The smallest absolute Gasteiger partial charge is 0.243 e. The lowest BCUT2D eigenvalue weighted by molar-refractivity contribution is -0.726. The summed E-state index contributed by atoms with van der Waals surface area (Å²) in [4.78, 5) is 0. The fourth-order valence-electron chi connectivity index (χ4n) is 1.79. The molecule has 0 fully saturated rings. The topological polar surface area (TPSA) is 13.1 Å². The molecule has 0 amide bonds. The maximum atomic E-state index is 6.17. The first-order valence-electron chi connectivity index (χ1n) is 5.84. The van der Waals surface area contributed by atoms with E-state index in [0.717, 1.165) is 0 Å². The van der Waals surface area contributed by atoms with E-state index in [2.05, 4.69) is 37.7 Å². The fraction of sp³-hybridized carbons (Fsp3) is 0.583. The predicted octanol–water partition coefficient (Wildman–Crippen LogP) is 2.95. The first-order valence-corrected chi connectivity index (χ1v) is 8.37. The van der Waals surface area contributed by atoms with Crippen molar-refractivity contribution in [3.05, 3.63) is 30.6 Å². The highest BCUT2D eigenvalue weighted by Crippen LogP contribution is 2.21. The van der Waals surface area contributed by atoms with Gasteiger partial charge in [-0.05, 0) is 18.1 Å². The molecule has 1 aromatic heterocycles. The van der Waals surface area contributed by atoms with Crippen molar-refractivity contribution in [3.63, 3.8) is 0 Å². The van der Waals surface area contributed by atoms with E-state index in [-0.39, 0.29) is 0 Å². The van der Waals surface area contributed by atoms with Gasteiger partial charge in [0, 0.05) is 12.1 Å². The number of hydrogen-bond donors (Lipinski definition) is 0. The third kappa shape index (κ3) is 3.43. The number of aromatic nitrogens is 1. The number of rotatable bonds is 6. The fourth-order valence-corrected chi connectivity index (χ4v) is 4.32. The monoisotopic (exact) mass is 224 g/mol. The van der Waals surface area contributed by atoms with Crippen LogP contribution in [-0.2, 0) is 11.2 Å². The Bertz CT molecular complexity index is 264. The molecule has 0 saturated heterocycles. The van der Waals surface area contributed by atoms with Crippen molar-refractivity contribution in [2.24, 2.45) is 0 Å². The largest absolute Gasteiger partial charge is 0.365 e. The molecule has 0 bridgehead atoms. The molecule has 0 aliphatic carbocycles. The standard InChI is InChI=1S/C12H22NOSi/c1-4-15(5-2,6-3)14-12-13-10-8-7-9-11-13/h7-11H,4-6,12H2,1-3H3/q+1. The van der Waals surface area contributed by atoms with Crippen molar-refractivity contribution in [2.75, 3.05) is 0 Å². The number of nitrogens with zero attached hydrogens (tertiary/aromatic N) is 1. The molecule has 84 valence electrons. The molecule has 0 spiro atoms. The summed E-state index contributed by atoms with van der Waals surface area (Å²) in [5.41, 5.74) is 0. The van der Waals surface area contributed by atoms with E-state index in [1.807, 2.05) is 18.2 Å². The lowest BCUT2D eigenvalue weighted by atomic mass is 10.5. The zero-order chi connectivity index (χ0) is 11.1. The van der Waals surface area contributed by atoms with Gasteiger partial charge in [-0.3, -0.25) is 0 Å². The summed E-state index contributed by atoms with van der Waals surface area (Å²) in [6.45, 7) is 7.49. The highest BCUT2D eigenvalue weighted by atomic mass is 28.4. The van der Waals surface area contributed by atoms with Crippen molar-refractivity contribution < 1.29 is 8.99 Å². The Labute approximate surface area is 94.0 Å². The van der Waals surface area contributed by atoms with Gasteiger partial charge < -0.3 is 4.43 Å². The van der Waals surface area contributed by atoms with Gasteiger partial charge in [0.15, 0.2) is 20.7 Å². The van der Waals surface area contributed by atoms with Gasteiger partial charge in [-0.15, -0.1) is 0 Å². The summed E-state index contributed by atoms with van der Waals surface area (Å²) in [6, 6.07) is 9.75. The zero-order valence-electron chi connectivity index (χ0n) is 10.1. The Morgan fingerprint density at radius 2 is 1.47 bits per heavy atom. The molecule has 0 aromatic carbocycles. The van der Waals surface area contributed by atoms with Gasteiger partial charge >= 0.3 is 0 Å². The van der Waals surface area contributed by atoms with Gasteiger partial charge in [0.05, 0.1) is 0 Å². The number of pyridine rings is 1. The molecular formula is C12H22NOSi+. The minimum atomic E-state index is -1.42. The summed E-state index contributed by atoms with van der Waals surface area (Å²) in [5, 5.41) is 0. The first-order chi connectivity index (χ1) is 7.26. The highest BCUT2D eigenvalue weighted by Gasteiger charge is 2.29. The first kappa shape index (κ1) is 12.4. The van der Waals surface area contributed by atoms with E-state index in [0.29, 0.717) is 6.73 Å². The summed E-state index contributed by atoms with van der Waals surface area (Å²) >= 11 is 0. The van der Waals surface area contributed by atoms with Crippen molar-refractivity contribution in [3.8, 4) is 0 Å². The molecule has 2 nitrogen and oxygen atoms in total. The third-order valence-electron chi connectivity index (χ3n) is 3.23. The molecule has 0 aliphatic rings. The lowest BCUT2D eigenvalue weighted by Gasteiger charge is -2.25. The predicted molar refractivity (Wildman–Crippen MR) is 64.9 cm³/mol. The Hall–Kier alpha value is -0.673. The Morgan fingerprint density at radius 3 is 1.93 bits per heavy atom. The minimum Gasteiger partial charge on any atom is -0.365 e. The van der Waals surface area contributed by atoms with Crippen LogP contribution in [0.5, 0.6) is 0 Å².